The van der Waals surface area contributed by atoms with Gasteiger partial charge in [-0.05, 0) is 70.9 Å². The molecule has 0 unspecified atom stereocenters. The molecular weight excluding hydrogens is 424 g/mol. The summed E-state index contributed by atoms with van der Waals surface area (Å²) in [7, 11) is 1.52. The first-order valence-corrected chi connectivity index (χ1v) is 12.1. The molecule has 0 aromatic heterocycles. The fourth-order valence-electron chi connectivity index (χ4n) is 4.87. The van der Waals surface area contributed by atoms with E-state index in [9.17, 15) is 14.7 Å². The molecule has 1 atom stereocenters. The number of fused-ring (bicyclic) bond motifs is 6. The van der Waals surface area contributed by atoms with Crippen LogP contribution in [0.4, 0.5) is 0 Å². The van der Waals surface area contributed by atoms with Crippen LogP contribution in [-0.2, 0) is 22.4 Å². The summed E-state index contributed by atoms with van der Waals surface area (Å²) in [4.78, 5) is 24.8. The van der Waals surface area contributed by atoms with Gasteiger partial charge >= 0.3 is 0 Å². The van der Waals surface area contributed by atoms with Gasteiger partial charge in [0, 0.05) is 18.4 Å². The monoisotopic (exact) mass is 456 g/mol. The standard InChI is InChI=1S/C30H32O4/c1-3-20-8-11-24-16-22(15-23-6-4-5-7-28(23)24)17-25-14-21(18-29(34-2)30(25)33)10-13-27(32)19-26(31)12-9-20/h4-7,10,13-16,18,20,33H,3,8-9,11-12,17,19H2,1-2H3/b13-10+/t20-/m0/s1. The molecule has 176 valence electrons. The van der Waals surface area contributed by atoms with Crippen LogP contribution in [0.3, 0.4) is 0 Å². The molecule has 1 aliphatic rings. The number of Topliss-reactive ketones (excluding diaryl/α,β-unsaturated/α-hetero) is 1. The third kappa shape index (κ3) is 5.56. The lowest BCUT2D eigenvalue weighted by molar-refractivity contribution is -0.124. The molecule has 0 saturated carbocycles. The van der Waals surface area contributed by atoms with Crippen LogP contribution in [0.2, 0.25) is 0 Å². The second kappa shape index (κ2) is 10.7. The van der Waals surface area contributed by atoms with Gasteiger partial charge < -0.3 is 9.84 Å². The first-order chi connectivity index (χ1) is 16.5. The number of benzene rings is 3. The molecule has 1 N–H and O–H groups in total. The second-order valence-electron chi connectivity index (χ2n) is 9.25. The molecule has 0 saturated heterocycles. The lowest BCUT2D eigenvalue weighted by Crippen LogP contribution is -2.09. The fourth-order valence-corrected chi connectivity index (χ4v) is 4.87. The van der Waals surface area contributed by atoms with E-state index in [-0.39, 0.29) is 23.7 Å². The topological polar surface area (TPSA) is 63.6 Å². The molecule has 4 bridgehead atoms. The summed E-state index contributed by atoms with van der Waals surface area (Å²) in [6.45, 7) is 2.17. The lowest BCUT2D eigenvalue weighted by Gasteiger charge is -2.17. The van der Waals surface area contributed by atoms with E-state index in [0.29, 0.717) is 24.5 Å². The Kier molecular flexibility index (Phi) is 7.46. The van der Waals surface area contributed by atoms with Gasteiger partial charge in [0.25, 0.3) is 0 Å². The Morgan fingerprint density at radius 2 is 1.74 bits per heavy atom. The third-order valence-corrected chi connectivity index (χ3v) is 6.86. The Labute approximate surface area is 201 Å². The van der Waals surface area contributed by atoms with Gasteiger partial charge in [0.1, 0.15) is 5.78 Å². The molecule has 3 aromatic rings. The van der Waals surface area contributed by atoms with Gasteiger partial charge in [0.2, 0.25) is 0 Å². The van der Waals surface area contributed by atoms with E-state index < -0.39 is 0 Å². The molecule has 0 fully saturated rings. The number of allylic oxidation sites excluding steroid dienone is 1. The number of ketones is 2. The zero-order valence-corrected chi connectivity index (χ0v) is 20.0. The van der Waals surface area contributed by atoms with Gasteiger partial charge in [-0.1, -0.05) is 55.8 Å². The van der Waals surface area contributed by atoms with Crippen molar-refractivity contribution in [2.75, 3.05) is 7.11 Å². The quantitative estimate of drug-likeness (QED) is 0.451. The van der Waals surface area contributed by atoms with Gasteiger partial charge in [-0.15, -0.1) is 0 Å². The summed E-state index contributed by atoms with van der Waals surface area (Å²) in [6, 6.07) is 16.4. The number of ether oxygens (including phenoxy) is 1. The summed E-state index contributed by atoms with van der Waals surface area (Å²) >= 11 is 0. The highest BCUT2D eigenvalue weighted by atomic mass is 16.5. The number of aryl methyl sites for hydroxylation is 1. The number of phenols is 1. The van der Waals surface area contributed by atoms with E-state index in [1.807, 2.05) is 6.07 Å². The number of rotatable bonds is 2. The van der Waals surface area contributed by atoms with Crippen molar-refractivity contribution in [2.24, 2.45) is 5.92 Å². The number of hydrogen-bond acceptors (Lipinski definition) is 4. The number of aromatic hydroxyl groups is 1. The van der Waals surface area contributed by atoms with Crippen LogP contribution in [-0.4, -0.2) is 23.8 Å². The molecule has 3 aromatic carbocycles. The van der Waals surface area contributed by atoms with E-state index in [1.54, 1.807) is 12.1 Å². The van der Waals surface area contributed by atoms with Crippen LogP contribution in [0.15, 0.2) is 54.6 Å². The molecule has 34 heavy (non-hydrogen) atoms. The van der Waals surface area contributed by atoms with E-state index in [4.69, 9.17) is 4.74 Å². The Morgan fingerprint density at radius 3 is 2.53 bits per heavy atom. The first kappa shape index (κ1) is 23.7. The van der Waals surface area contributed by atoms with Crippen LogP contribution in [0.5, 0.6) is 11.5 Å². The number of methoxy groups -OCH3 is 1. The molecule has 0 spiro atoms. The van der Waals surface area contributed by atoms with Crippen LogP contribution in [0.1, 0.15) is 61.3 Å². The zero-order valence-electron chi connectivity index (χ0n) is 20.0. The van der Waals surface area contributed by atoms with Crippen LogP contribution in [0.25, 0.3) is 16.8 Å². The molecule has 4 nitrogen and oxygen atoms in total. The number of carbonyl (C=O) groups excluding carboxylic acids is 2. The van der Waals surface area contributed by atoms with Crippen molar-refractivity contribution < 1.29 is 19.4 Å². The molecule has 0 radical (unpaired) electrons. The van der Waals surface area contributed by atoms with Crippen molar-refractivity contribution in [1.29, 1.82) is 0 Å². The molecule has 4 heteroatoms. The normalized spacial score (nSPS) is 18.5. The Morgan fingerprint density at radius 1 is 0.941 bits per heavy atom. The maximum Gasteiger partial charge on any atom is 0.163 e. The van der Waals surface area contributed by atoms with Crippen molar-refractivity contribution in [3.8, 4) is 11.5 Å². The average molecular weight is 457 g/mol. The SMILES string of the molecule is CC[C@@H]1CCC(=O)CC(=O)/C=C/c2cc(c(O)c(OC)c2)Cc2cc(c3ccccc3c2)CC1. The Hall–Kier alpha value is -3.40. The van der Waals surface area contributed by atoms with Crippen LogP contribution < -0.4 is 4.74 Å². The van der Waals surface area contributed by atoms with Crippen molar-refractivity contribution in [2.45, 2.75) is 51.9 Å². The molecule has 0 heterocycles. The van der Waals surface area contributed by atoms with E-state index in [0.717, 1.165) is 42.4 Å². The highest BCUT2D eigenvalue weighted by molar-refractivity contribution is 6.06. The summed E-state index contributed by atoms with van der Waals surface area (Å²) < 4.78 is 5.39. The number of hydrogen-bond donors (Lipinski definition) is 1. The second-order valence-corrected chi connectivity index (χ2v) is 9.25. The molecule has 0 amide bonds. The van der Waals surface area contributed by atoms with Crippen molar-refractivity contribution >= 4 is 28.4 Å². The summed E-state index contributed by atoms with van der Waals surface area (Å²) in [6.07, 6.45) is 7.82. The van der Waals surface area contributed by atoms with Gasteiger partial charge in [0.15, 0.2) is 17.3 Å². The predicted molar refractivity (Wildman–Crippen MR) is 136 cm³/mol. The van der Waals surface area contributed by atoms with Gasteiger partial charge in [-0.2, -0.15) is 0 Å². The smallest absolute Gasteiger partial charge is 0.163 e. The van der Waals surface area contributed by atoms with E-state index in [1.165, 1.54) is 29.5 Å². The van der Waals surface area contributed by atoms with Crippen molar-refractivity contribution in [3.05, 3.63) is 76.9 Å². The van der Waals surface area contributed by atoms with Crippen LogP contribution in [0, 0.1) is 5.92 Å². The largest absolute Gasteiger partial charge is 0.504 e. The predicted octanol–water partition coefficient (Wildman–Crippen LogP) is 6.44. The van der Waals surface area contributed by atoms with Gasteiger partial charge in [-0.25, -0.2) is 0 Å². The summed E-state index contributed by atoms with van der Waals surface area (Å²) in [5.41, 5.74) is 3.90. The Balaban J connectivity index is 1.80. The third-order valence-electron chi connectivity index (χ3n) is 6.86. The van der Waals surface area contributed by atoms with E-state index >= 15 is 0 Å². The van der Waals surface area contributed by atoms with Gasteiger partial charge in [-0.3, -0.25) is 9.59 Å². The highest BCUT2D eigenvalue weighted by Crippen LogP contribution is 2.35. The first-order valence-electron chi connectivity index (χ1n) is 12.1. The Bertz CT molecular complexity index is 1240. The average Bonchev–Trinajstić information content (AvgIpc) is 2.83. The fraction of sp³-hybridized carbons (Fsp3) is 0.333. The van der Waals surface area contributed by atoms with Crippen molar-refractivity contribution in [1.82, 2.24) is 0 Å². The van der Waals surface area contributed by atoms with Gasteiger partial charge in [0.05, 0.1) is 13.5 Å². The molecule has 1 aliphatic carbocycles. The van der Waals surface area contributed by atoms with Crippen molar-refractivity contribution in [3.63, 3.8) is 0 Å². The minimum Gasteiger partial charge on any atom is -0.504 e. The maximum atomic E-state index is 12.4. The minimum absolute atomic E-state index is 0.00570. The van der Waals surface area contributed by atoms with E-state index in [2.05, 4.69) is 43.3 Å². The molecular formula is C30H32O4. The number of phenolic OH excluding ortho intramolecular Hbond substituents is 1. The summed E-state index contributed by atoms with van der Waals surface area (Å²) in [5.74, 6) is 0.712. The summed E-state index contributed by atoms with van der Waals surface area (Å²) in [5, 5.41) is 13.2. The highest BCUT2D eigenvalue weighted by Gasteiger charge is 2.16. The van der Waals surface area contributed by atoms with Crippen LogP contribution >= 0.6 is 0 Å². The zero-order chi connectivity index (χ0) is 24.1. The number of carbonyl (C=O) groups is 2. The minimum atomic E-state index is -0.200. The molecule has 4 rings (SSSR count). The lowest BCUT2D eigenvalue weighted by atomic mass is 9.89. The maximum absolute atomic E-state index is 12.4. The molecule has 0 aliphatic heterocycles.